The Hall–Kier alpha value is -1.10. The summed E-state index contributed by atoms with van der Waals surface area (Å²) in [6, 6.07) is 0. The van der Waals surface area contributed by atoms with E-state index in [9.17, 15) is 9.59 Å². The maximum atomic E-state index is 11.7. The first-order chi connectivity index (χ1) is 8.63. The lowest BCUT2D eigenvalue weighted by Gasteiger charge is -2.15. The Bertz CT molecular complexity index is 275. The van der Waals surface area contributed by atoms with Crippen LogP contribution in [0.5, 0.6) is 0 Å². The Morgan fingerprint density at radius 2 is 2.22 bits per heavy atom. The van der Waals surface area contributed by atoms with Crippen molar-refractivity contribution in [1.82, 2.24) is 10.6 Å². The number of carbonyl (C=O) groups is 2. The van der Waals surface area contributed by atoms with Gasteiger partial charge >= 0.3 is 5.97 Å². The summed E-state index contributed by atoms with van der Waals surface area (Å²) in [4.78, 5) is 22.2. The molecule has 0 aromatic rings. The topological polar surface area (TPSA) is 78.4 Å². The summed E-state index contributed by atoms with van der Waals surface area (Å²) in [5.41, 5.74) is 0. The number of carboxylic acid groups (broad SMARTS) is 1. The lowest BCUT2D eigenvalue weighted by Crippen LogP contribution is -2.33. The van der Waals surface area contributed by atoms with E-state index in [1.165, 1.54) is 0 Å². The molecule has 0 saturated carbocycles. The monoisotopic (exact) mass is 256 g/mol. The van der Waals surface area contributed by atoms with Gasteiger partial charge in [-0.1, -0.05) is 13.3 Å². The van der Waals surface area contributed by atoms with Gasteiger partial charge in [-0.15, -0.1) is 0 Å². The minimum atomic E-state index is -0.741. The highest BCUT2D eigenvalue weighted by atomic mass is 16.4. The summed E-state index contributed by atoms with van der Waals surface area (Å²) in [5, 5.41) is 14.8. The Kier molecular flexibility index (Phi) is 6.72. The summed E-state index contributed by atoms with van der Waals surface area (Å²) in [6.07, 6.45) is 3.68. The van der Waals surface area contributed by atoms with Crippen molar-refractivity contribution in [1.29, 1.82) is 0 Å². The van der Waals surface area contributed by atoms with Gasteiger partial charge in [0.15, 0.2) is 0 Å². The summed E-state index contributed by atoms with van der Waals surface area (Å²) >= 11 is 0. The molecule has 0 spiro atoms. The first kappa shape index (κ1) is 15.0. The molecule has 0 aromatic carbocycles. The summed E-state index contributed by atoms with van der Waals surface area (Å²) in [7, 11) is 0. The van der Waals surface area contributed by atoms with Gasteiger partial charge in [0.1, 0.15) is 0 Å². The van der Waals surface area contributed by atoms with Gasteiger partial charge in [-0.25, -0.2) is 0 Å². The lowest BCUT2D eigenvalue weighted by atomic mass is 9.96. The van der Waals surface area contributed by atoms with Crippen molar-refractivity contribution < 1.29 is 14.7 Å². The first-order valence-electron chi connectivity index (χ1n) is 6.83. The third-order valence-electron chi connectivity index (χ3n) is 3.63. The molecule has 1 rings (SSSR count). The highest BCUT2D eigenvalue weighted by molar-refractivity contribution is 5.79. The number of carboxylic acids is 1. The normalized spacial score (nSPS) is 20.6. The van der Waals surface area contributed by atoms with E-state index in [0.717, 1.165) is 32.4 Å². The fourth-order valence-electron chi connectivity index (χ4n) is 2.30. The minimum Gasteiger partial charge on any atom is -0.481 e. The van der Waals surface area contributed by atoms with Gasteiger partial charge < -0.3 is 15.7 Å². The van der Waals surface area contributed by atoms with Crippen LogP contribution in [0.2, 0.25) is 0 Å². The molecule has 1 amide bonds. The molecule has 0 radical (unpaired) electrons. The molecule has 0 bridgehead atoms. The van der Waals surface area contributed by atoms with Crippen LogP contribution < -0.4 is 10.6 Å². The molecule has 104 valence electrons. The molecule has 1 aliphatic heterocycles. The molecule has 18 heavy (non-hydrogen) atoms. The van der Waals surface area contributed by atoms with E-state index in [4.69, 9.17) is 5.11 Å². The molecule has 1 fully saturated rings. The molecule has 3 N–H and O–H groups in total. The smallest absolute Gasteiger partial charge is 0.303 e. The number of carbonyl (C=O) groups excluding carboxylic acids is 1. The number of nitrogens with one attached hydrogen (secondary N) is 2. The number of hydrogen-bond donors (Lipinski definition) is 3. The second-order valence-corrected chi connectivity index (χ2v) is 4.98. The fourth-order valence-corrected chi connectivity index (χ4v) is 2.30. The first-order valence-corrected chi connectivity index (χ1v) is 6.83. The Labute approximate surface area is 108 Å². The van der Waals surface area contributed by atoms with Crippen LogP contribution >= 0.6 is 0 Å². The molecule has 5 nitrogen and oxygen atoms in total. The van der Waals surface area contributed by atoms with Crippen LogP contribution in [0.1, 0.15) is 39.0 Å². The van der Waals surface area contributed by atoms with Crippen molar-refractivity contribution in [2.75, 3.05) is 19.6 Å². The number of amides is 1. The van der Waals surface area contributed by atoms with Crippen LogP contribution in [-0.4, -0.2) is 36.6 Å². The number of aliphatic carboxylic acids is 1. The number of hydrogen-bond acceptors (Lipinski definition) is 3. The average molecular weight is 256 g/mol. The Balaban J connectivity index is 2.14. The summed E-state index contributed by atoms with van der Waals surface area (Å²) in [5.74, 6) is -0.102. The van der Waals surface area contributed by atoms with E-state index < -0.39 is 5.97 Å². The highest BCUT2D eigenvalue weighted by Gasteiger charge is 2.21. The third kappa shape index (κ3) is 5.49. The predicted octanol–water partition coefficient (Wildman–Crippen LogP) is 0.993. The van der Waals surface area contributed by atoms with E-state index in [1.54, 1.807) is 0 Å². The van der Waals surface area contributed by atoms with Crippen LogP contribution in [0.4, 0.5) is 0 Å². The summed E-state index contributed by atoms with van der Waals surface area (Å²) in [6.45, 7) is 4.43. The molecule has 2 unspecified atom stereocenters. The van der Waals surface area contributed by atoms with Gasteiger partial charge in [-0.3, -0.25) is 9.59 Å². The Morgan fingerprint density at radius 3 is 2.78 bits per heavy atom. The highest BCUT2D eigenvalue weighted by Crippen LogP contribution is 2.15. The second-order valence-electron chi connectivity index (χ2n) is 4.98. The van der Waals surface area contributed by atoms with Crippen molar-refractivity contribution >= 4 is 11.9 Å². The molecule has 1 aliphatic rings. The van der Waals surface area contributed by atoms with E-state index in [2.05, 4.69) is 17.6 Å². The Morgan fingerprint density at radius 1 is 1.44 bits per heavy atom. The van der Waals surface area contributed by atoms with E-state index in [-0.39, 0.29) is 18.2 Å². The van der Waals surface area contributed by atoms with Crippen molar-refractivity contribution in [2.24, 2.45) is 11.8 Å². The van der Waals surface area contributed by atoms with Crippen LogP contribution in [-0.2, 0) is 9.59 Å². The zero-order valence-electron chi connectivity index (χ0n) is 11.1. The standard InChI is InChI=1S/C13H24N2O3/c1-2-10(3-4-12(16)17)5-8-15-13(18)11-6-7-14-9-11/h10-11,14H,2-9H2,1H3,(H,15,18)(H,16,17). The molecule has 0 aromatic heterocycles. The molecule has 1 heterocycles. The maximum absolute atomic E-state index is 11.7. The maximum Gasteiger partial charge on any atom is 0.303 e. The van der Waals surface area contributed by atoms with Crippen molar-refractivity contribution in [3.63, 3.8) is 0 Å². The average Bonchev–Trinajstić information content (AvgIpc) is 2.86. The molecule has 5 heteroatoms. The van der Waals surface area contributed by atoms with Crippen molar-refractivity contribution in [3.8, 4) is 0 Å². The zero-order valence-corrected chi connectivity index (χ0v) is 11.1. The van der Waals surface area contributed by atoms with E-state index in [1.807, 2.05) is 0 Å². The fraction of sp³-hybridized carbons (Fsp3) is 0.846. The van der Waals surface area contributed by atoms with Gasteiger partial charge in [0.2, 0.25) is 5.91 Å². The van der Waals surface area contributed by atoms with Gasteiger partial charge in [0.25, 0.3) is 0 Å². The lowest BCUT2D eigenvalue weighted by molar-refractivity contribution is -0.137. The SMILES string of the molecule is CCC(CCNC(=O)C1CCNC1)CCC(=O)O. The molecular formula is C13H24N2O3. The molecule has 2 atom stereocenters. The van der Waals surface area contributed by atoms with Gasteiger partial charge in [0.05, 0.1) is 5.92 Å². The van der Waals surface area contributed by atoms with Gasteiger partial charge in [-0.05, 0) is 31.7 Å². The predicted molar refractivity (Wildman–Crippen MR) is 69.3 cm³/mol. The van der Waals surface area contributed by atoms with E-state index >= 15 is 0 Å². The second kappa shape index (κ2) is 8.08. The molecule has 0 aliphatic carbocycles. The number of rotatable bonds is 8. The van der Waals surface area contributed by atoms with Crippen LogP contribution in [0.25, 0.3) is 0 Å². The van der Waals surface area contributed by atoms with Crippen molar-refractivity contribution in [3.05, 3.63) is 0 Å². The van der Waals surface area contributed by atoms with Crippen molar-refractivity contribution in [2.45, 2.75) is 39.0 Å². The third-order valence-corrected chi connectivity index (χ3v) is 3.63. The largest absolute Gasteiger partial charge is 0.481 e. The van der Waals surface area contributed by atoms with Gasteiger partial charge in [-0.2, -0.15) is 0 Å². The zero-order chi connectivity index (χ0) is 13.4. The van der Waals surface area contributed by atoms with Crippen LogP contribution in [0, 0.1) is 11.8 Å². The van der Waals surface area contributed by atoms with E-state index in [0.29, 0.717) is 18.9 Å². The van der Waals surface area contributed by atoms with Crippen LogP contribution in [0.3, 0.4) is 0 Å². The molecule has 1 saturated heterocycles. The van der Waals surface area contributed by atoms with Gasteiger partial charge in [0, 0.05) is 19.5 Å². The molecular weight excluding hydrogens is 232 g/mol. The minimum absolute atomic E-state index is 0.115. The summed E-state index contributed by atoms with van der Waals surface area (Å²) < 4.78 is 0. The quantitative estimate of drug-likeness (QED) is 0.605. The van der Waals surface area contributed by atoms with Crippen LogP contribution in [0.15, 0.2) is 0 Å².